The summed E-state index contributed by atoms with van der Waals surface area (Å²) in [7, 11) is 0. The van der Waals surface area contributed by atoms with Gasteiger partial charge in [0.2, 0.25) is 6.29 Å². The van der Waals surface area contributed by atoms with E-state index in [0.29, 0.717) is 12.0 Å². The summed E-state index contributed by atoms with van der Waals surface area (Å²) in [6.45, 7) is -0.250. The number of hydrogen-bond donors (Lipinski definition) is 0. The number of benzene rings is 1. The van der Waals surface area contributed by atoms with Crippen LogP contribution in [-0.4, -0.2) is 13.0 Å². The van der Waals surface area contributed by atoms with Gasteiger partial charge in [-0.2, -0.15) is 0 Å². The molecule has 0 saturated heterocycles. The standard InChI is InChI=1S/C11H12FO/c12-8-2-1-3-10-4-6-11(9-13)7-5-10/h4-7H,1-3,8H2. The summed E-state index contributed by atoms with van der Waals surface area (Å²) in [5.41, 5.74) is 1.71. The van der Waals surface area contributed by atoms with Crippen LogP contribution in [0.25, 0.3) is 0 Å². The van der Waals surface area contributed by atoms with Gasteiger partial charge in [-0.1, -0.05) is 24.3 Å². The van der Waals surface area contributed by atoms with Crippen molar-refractivity contribution in [1.82, 2.24) is 0 Å². The number of aryl methyl sites for hydroxylation is 1. The largest absolute Gasteiger partial charge is 0.285 e. The molecule has 1 nitrogen and oxygen atoms in total. The highest BCUT2D eigenvalue weighted by atomic mass is 19.1. The van der Waals surface area contributed by atoms with Crippen LogP contribution >= 0.6 is 0 Å². The van der Waals surface area contributed by atoms with Crippen molar-refractivity contribution in [2.24, 2.45) is 0 Å². The third-order valence-corrected chi connectivity index (χ3v) is 1.92. The van der Waals surface area contributed by atoms with Gasteiger partial charge in [-0.05, 0) is 24.8 Å². The Morgan fingerprint density at radius 1 is 1.15 bits per heavy atom. The van der Waals surface area contributed by atoms with Gasteiger partial charge in [-0.3, -0.25) is 9.18 Å². The average molecular weight is 179 g/mol. The molecule has 0 saturated carbocycles. The Balaban J connectivity index is 2.44. The van der Waals surface area contributed by atoms with Crippen molar-refractivity contribution in [3.63, 3.8) is 0 Å². The monoisotopic (exact) mass is 179 g/mol. The normalized spacial score (nSPS) is 9.92. The second kappa shape index (κ2) is 5.46. The van der Waals surface area contributed by atoms with E-state index in [1.165, 1.54) is 0 Å². The third kappa shape index (κ3) is 3.36. The van der Waals surface area contributed by atoms with E-state index in [9.17, 15) is 9.18 Å². The molecule has 0 aliphatic heterocycles. The highest BCUT2D eigenvalue weighted by molar-refractivity contribution is 5.75. The Hall–Kier alpha value is -1.18. The van der Waals surface area contributed by atoms with Crippen LogP contribution in [0.15, 0.2) is 24.3 Å². The Bertz CT molecular complexity index is 253. The highest BCUT2D eigenvalue weighted by Gasteiger charge is 1.94. The molecule has 0 heterocycles. The van der Waals surface area contributed by atoms with Gasteiger partial charge in [-0.25, -0.2) is 0 Å². The zero-order valence-electron chi connectivity index (χ0n) is 7.42. The zero-order chi connectivity index (χ0) is 9.52. The average Bonchev–Trinajstić information content (AvgIpc) is 2.19. The fraction of sp³-hybridized carbons (Fsp3) is 0.364. The van der Waals surface area contributed by atoms with Crippen LogP contribution in [0.5, 0.6) is 0 Å². The zero-order valence-corrected chi connectivity index (χ0v) is 7.42. The van der Waals surface area contributed by atoms with Crippen LogP contribution in [0.2, 0.25) is 0 Å². The Kier molecular flexibility index (Phi) is 4.16. The lowest BCUT2D eigenvalue weighted by Crippen LogP contribution is -1.87. The van der Waals surface area contributed by atoms with Gasteiger partial charge < -0.3 is 0 Å². The van der Waals surface area contributed by atoms with E-state index in [1.807, 2.05) is 18.4 Å². The Labute approximate surface area is 77.6 Å². The number of carbonyl (C=O) groups excluding carboxylic acids is 1. The minimum atomic E-state index is -0.250. The predicted octanol–water partition coefficient (Wildman–Crippen LogP) is 2.44. The molecule has 0 atom stereocenters. The Morgan fingerprint density at radius 2 is 1.85 bits per heavy atom. The van der Waals surface area contributed by atoms with Crippen LogP contribution in [0.3, 0.4) is 0 Å². The summed E-state index contributed by atoms with van der Waals surface area (Å²) in [5.74, 6) is 0. The van der Waals surface area contributed by atoms with Crippen LogP contribution < -0.4 is 0 Å². The lowest BCUT2D eigenvalue weighted by atomic mass is 10.1. The number of hydrogen-bond acceptors (Lipinski definition) is 1. The van der Waals surface area contributed by atoms with Gasteiger partial charge in [0.05, 0.1) is 6.67 Å². The van der Waals surface area contributed by atoms with Crippen molar-refractivity contribution < 1.29 is 9.18 Å². The number of rotatable bonds is 5. The van der Waals surface area contributed by atoms with Gasteiger partial charge in [-0.15, -0.1) is 0 Å². The molecular formula is C11H12FO. The molecule has 13 heavy (non-hydrogen) atoms. The second-order valence-electron chi connectivity index (χ2n) is 2.95. The summed E-state index contributed by atoms with van der Waals surface area (Å²) in [6, 6.07) is 7.24. The minimum Gasteiger partial charge on any atom is -0.285 e. The molecular weight excluding hydrogens is 167 g/mol. The number of alkyl halides is 1. The van der Waals surface area contributed by atoms with Gasteiger partial charge in [0.15, 0.2) is 0 Å². The lowest BCUT2D eigenvalue weighted by Gasteiger charge is -1.99. The molecule has 0 spiro atoms. The first-order valence-corrected chi connectivity index (χ1v) is 4.40. The molecule has 1 rings (SSSR count). The van der Waals surface area contributed by atoms with E-state index in [4.69, 9.17) is 0 Å². The third-order valence-electron chi connectivity index (χ3n) is 1.92. The van der Waals surface area contributed by atoms with Crippen molar-refractivity contribution in [1.29, 1.82) is 0 Å². The van der Waals surface area contributed by atoms with Crippen LogP contribution in [0, 0.1) is 0 Å². The van der Waals surface area contributed by atoms with E-state index in [-0.39, 0.29) is 6.67 Å². The smallest absolute Gasteiger partial charge is 0.233 e. The molecule has 0 aliphatic rings. The van der Waals surface area contributed by atoms with Crippen LogP contribution in [-0.2, 0) is 11.2 Å². The molecule has 1 aromatic rings. The molecule has 0 fully saturated rings. The topological polar surface area (TPSA) is 17.1 Å². The van der Waals surface area contributed by atoms with Gasteiger partial charge in [0, 0.05) is 5.56 Å². The molecule has 0 amide bonds. The first kappa shape index (κ1) is 9.90. The maximum Gasteiger partial charge on any atom is 0.233 e. The Morgan fingerprint density at radius 3 is 2.38 bits per heavy atom. The van der Waals surface area contributed by atoms with E-state index in [2.05, 4.69) is 0 Å². The predicted molar refractivity (Wildman–Crippen MR) is 50.2 cm³/mol. The first-order valence-electron chi connectivity index (χ1n) is 4.40. The fourth-order valence-electron chi connectivity index (χ4n) is 1.16. The summed E-state index contributed by atoms with van der Waals surface area (Å²) in [4.78, 5) is 10.2. The van der Waals surface area contributed by atoms with Crippen molar-refractivity contribution in [2.75, 3.05) is 6.67 Å². The molecule has 0 unspecified atom stereocenters. The summed E-state index contributed by atoms with van der Waals surface area (Å²) >= 11 is 0. The second-order valence-corrected chi connectivity index (χ2v) is 2.95. The van der Waals surface area contributed by atoms with E-state index in [0.717, 1.165) is 18.4 Å². The molecule has 1 radical (unpaired) electrons. The van der Waals surface area contributed by atoms with Crippen molar-refractivity contribution >= 4 is 6.29 Å². The first-order chi connectivity index (χ1) is 6.36. The number of halogens is 1. The van der Waals surface area contributed by atoms with Crippen molar-refractivity contribution in [3.8, 4) is 0 Å². The molecule has 2 heteroatoms. The minimum absolute atomic E-state index is 0.250. The highest BCUT2D eigenvalue weighted by Crippen LogP contribution is 2.06. The van der Waals surface area contributed by atoms with E-state index < -0.39 is 0 Å². The molecule has 0 aromatic heterocycles. The van der Waals surface area contributed by atoms with Crippen molar-refractivity contribution in [3.05, 3.63) is 35.4 Å². The lowest BCUT2D eigenvalue weighted by molar-refractivity contribution is 0.462. The number of unbranched alkanes of at least 4 members (excludes halogenated alkanes) is 1. The van der Waals surface area contributed by atoms with Gasteiger partial charge in [0.25, 0.3) is 0 Å². The van der Waals surface area contributed by atoms with Crippen LogP contribution in [0.4, 0.5) is 4.39 Å². The molecule has 0 N–H and O–H groups in total. The van der Waals surface area contributed by atoms with Crippen LogP contribution in [0.1, 0.15) is 24.0 Å². The summed E-state index contributed by atoms with van der Waals surface area (Å²) < 4.78 is 11.8. The maximum atomic E-state index is 11.8. The molecule has 0 aliphatic carbocycles. The molecule has 1 aromatic carbocycles. The van der Waals surface area contributed by atoms with Gasteiger partial charge in [0.1, 0.15) is 0 Å². The van der Waals surface area contributed by atoms with E-state index >= 15 is 0 Å². The SMILES string of the molecule is O=[C]c1ccc(CCCCF)cc1. The van der Waals surface area contributed by atoms with Crippen molar-refractivity contribution in [2.45, 2.75) is 19.3 Å². The van der Waals surface area contributed by atoms with E-state index in [1.54, 1.807) is 12.1 Å². The summed E-state index contributed by atoms with van der Waals surface area (Å²) in [6.07, 6.45) is 4.16. The molecule has 0 bridgehead atoms. The summed E-state index contributed by atoms with van der Waals surface area (Å²) in [5, 5.41) is 0. The van der Waals surface area contributed by atoms with Gasteiger partial charge >= 0.3 is 0 Å². The maximum absolute atomic E-state index is 11.8. The fourth-order valence-corrected chi connectivity index (χ4v) is 1.16. The molecule has 69 valence electrons. The quantitative estimate of drug-likeness (QED) is 0.634.